The normalized spacial score (nSPS) is 19.9. The lowest BCUT2D eigenvalue weighted by atomic mass is 9.94. The second-order valence-electron chi connectivity index (χ2n) is 5.89. The summed E-state index contributed by atoms with van der Waals surface area (Å²) in [7, 11) is 0. The van der Waals surface area contributed by atoms with Crippen LogP contribution in [0.25, 0.3) is 0 Å². The van der Waals surface area contributed by atoms with E-state index in [-0.39, 0.29) is 5.92 Å². The van der Waals surface area contributed by atoms with Gasteiger partial charge in [0.15, 0.2) is 0 Å². The molecule has 0 heterocycles. The van der Waals surface area contributed by atoms with Gasteiger partial charge in [0.25, 0.3) is 0 Å². The van der Waals surface area contributed by atoms with Crippen LogP contribution in [0.15, 0.2) is 0 Å². The second kappa shape index (κ2) is 7.85. The number of ether oxygens (including phenoxy) is 1. The van der Waals surface area contributed by atoms with Gasteiger partial charge in [0.05, 0.1) is 6.61 Å². The molecule has 1 aliphatic rings. The molecule has 2 N–H and O–H groups in total. The molecule has 1 fully saturated rings. The lowest BCUT2D eigenvalue weighted by Crippen LogP contribution is -2.57. The molecule has 0 bridgehead atoms. The Bertz CT molecular complexity index is 279. The minimum Gasteiger partial charge on any atom is -0.480 e. The molecule has 0 aromatic carbocycles. The van der Waals surface area contributed by atoms with E-state index in [0.29, 0.717) is 19.1 Å². The van der Waals surface area contributed by atoms with Crippen molar-refractivity contribution in [2.45, 2.75) is 58.4 Å². The average Bonchev–Trinajstić information content (AvgIpc) is 3.18. The first-order chi connectivity index (χ1) is 9.06. The molecule has 112 valence electrons. The molecule has 1 aliphatic carbocycles. The molecular formula is C15H29NO3. The summed E-state index contributed by atoms with van der Waals surface area (Å²) >= 11 is 0. The zero-order valence-corrected chi connectivity index (χ0v) is 12.6. The van der Waals surface area contributed by atoms with Gasteiger partial charge in [-0.25, -0.2) is 0 Å². The van der Waals surface area contributed by atoms with Crippen LogP contribution >= 0.6 is 0 Å². The van der Waals surface area contributed by atoms with Gasteiger partial charge in [-0.15, -0.1) is 0 Å². The topological polar surface area (TPSA) is 58.6 Å². The molecule has 0 saturated heterocycles. The fourth-order valence-electron chi connectivity index (χ4n) is 2.55. The van der Waals surface area contributed by atoms with E-state index in [2.05, 4.69) is 26.1 Å². The quantitative estimate of drug-likeness (QED) is 0.606. The molecule has 1 saturated carbocycles. The van der Waals surface area contributed by atoms with E-state index in [4.69, 9.17) is 4.74 Å². The van der Waals surface area contributed by atoms with Gasteiger partial charge in [0, 0.05) is 6.61 Å². The Morgan fingerprint density at radius 3 is 2.58 bits per heavy atom. The summed E-state index contributed by atoms with van der Waals surface area (Å²) < 4.78 is 5.73. The van der Waals surface area contributed by atoms with Crippen molar-refractivity contribution in [1.82, 2.24) is 5.32 Å². The summed E-state index contributed by atoms with van der Waals surface area (Å²) in [6, 6.07) is 0. The van der Waals surface area contributed by atoms with Crippen LogP contribution in [0.4, 0.5) is 0 Å². The molecule has 1 rings (SSSR count). The van der Waals surface area contributed by atoms with E-state index in [1.165, 1.54) is 0 Å². The summed E-state index contributed by atoms with van der Waals surface area (Å²) in [5.41, 5.74) is -0.859. The fraction of sp³-hybridized carbons (Fsp3) is 0.933. The van der Waals surface area contributed by atoms with Gasteiger partial charge in [0.2, 0.25) is 0 Å². The molecule has 2 atom stereocenters. The Hall–Kier alpha value is -0.610. The van der Waals surface area contributed by atoms with E-state index in [9.17, 15) is 9.90 Å². The number of carboxylic acids is 1. The lowest BCUT2D eigenvalue weighted by molar-refractivity contribution is -0.149. The molecule has 0 spiro atoms. The third-order valence-electron chi connectivity index (χ3n) is 3.86. The predicted molar refractivity (Wildman–Crippen MR) is 76.3 cm³/mol. The van der Waals surface area contributed by atoms with Crippen LogP contribution in [0.3, 0.4) is 0 Å². The molecule has 4 heteroatoms. The maximum Gasteiger partial charge on any atom is 0.326 e. The monoisotopic (exact) mass is 271 g/mol. The first-order valence-electron chi connectivity index (χ1n) is 7.63. The van der Waals surface area contributed by atoms with Crippen molar-refractivity contribution in [1.29, 1.82) is 0 Å². The van der Waals surface area contributed by atoms with Crippen LogP contribution in [0.5, 0.6) is 0 Å². The number of hydrogen-bond donors (Lipinski definition) is 2. The van der Waals surface area contributed by atoms with Crippen LogP contribution in [-0.2, 0) is 9.53 Å². The summed E-state index contributed by atoms with van der Waals surface area (Å²) in [6.07, 6.45) is 5.21. The van der Waals surface area contributed by atoms with E-state index >= 15 is 0 Å². The van der Waals surface area contributed by atoms with E-state index in [1.54, 1.807) is 0 Å². The van der Waals surface area contributed by atoms with E-state index < -0.39 is 11.5 Å². The molecule has 0 aliphatic heterocycles. The molecule has 0 radical (unpaired) electrons. The van der Waals surface area contributed by atoms with Gasteiger partial charge in [0.1, 0.15) is 5.54 Å². The number of aliphatic carboxylic acids is 1. The molecule has 19 heavy (non-hydrogen) atoms. The third-order valence-corrected chi connectivity index (χ3v) is 3.86. The van der Waals surface area contributed by atoms with E-state index in [0.717, 1.165) is 38.6 Å². The Labute approximate surface area is 116 Å². The van der Waals surface area contributed by atoms with Crippen molar-refractivity contribution in [2.75, 3.05) is 19.8 Å². The minimum atomic E-state index is -0.859. The first-order valence-corrected chi connectivity index (χ1v) is 7.63. The second-order valence-corrected chi connectivity index (χ2v) is 5.89. The summed E-state index contributed by atoms with van der Waals surface area (Å²) in [5, 5.41) is 12.8. The summed E-state index contributed by atoms with van der Waals surface area (Å²) in [5.74, 6) is -0.0218. The predicted octanol–water partition coefficient (Wildman–Crippen LogP) is 2.67. The van der Waals surface area contributed by atoms with Gasteiger partial charge in [-0.05, 0) is 44.1 Å². The van der Waals surface area contributed by atoms with Crippen molar-refractivity contribution >= 4 is 5.97 Å². The highest BCUT2D eigenvalue weighted by Crippen LogP contribution is 2.40. The number of hydrogen-bond acceptors (Lipinski definition) is 3. The van der Waals surface area contributed by atoms with Crippen LogP contribution < -0.4 is 5.32 Å². The van der Waals surface area contributed by atoms with Gasteiger partial charge in [-0.1, -0.05) is 27.2 Å². The van der Waals surface area contributed by atoms with Crippen molar-refractivity contribution < 1.29 is 14.6 Å². The number of rotatable bonds is 11. The molecule has 0 amide bonds. The standard InChI is InChI=1S/C15H29NO3/c1-4-6-12(3)10-19-11-15(14(17)18,13-7-8-13)16-9-5-2/h12-13,16H,4-11H2,1-3H3,(H,17,18). The molecule has 0 aromatic heterocycles. The van der Waals surface area contributed by atoms with Gasteiger partial charge >= 0.3 is 5.97 Å². The van der Waals surface area contributed by atoms with Crippen molar-refractivity contribution in [3.05, 3.63) is 0 Å². The van der Waals surface area contributed by atoms with Crippen LogP contribution in [0, 0.1) is 11.8 Å². The highest BCUT2D eigenvalue weighted by molar-refractivity contribution is 5.80. The Morgan fingerprint density at radius 2 is 2.11 bits per heavy atom. The van der Waals surface area contributed by atoms with Crippen molar-refractivity contribution in [3.63, 3.8) is 0 Å². The van der Waals surface area contributed by atoms with Crippen molar-refractivity contribution in [3.8, 4) is 0 Å². The lowest BCUT2D eigenvalue weighted by Gasteiger charge is -2.31. The van der Waals surface area contributed by atoms with Crippen LogP contribution in [0.2, 0.25) is 0 Å². The minimum absolute atomic E-state index is 0.234. The van der Waals surface area contributed by atoms with Crippen molar-refractivity contribution in [2.24, 2.45) is 11.8 Å². The SMILES string of the molecule is CCCNC(COCC(C)CCC)(C(=O)O)C1CC1. The van der Waals surface area contributed by atoms with Crippen LogP contribution in [0.1, 0.15) is 52.9 Å². The first kappa shape index (κ1) is 16.4. The molecule has 2 unspecified atom stereocenters. The number of carboxylic acid groups (broad SMARTS) is 1. The average molecular weight is 271 g/mol. The van der Waals surface area contributed by atoms with E-state index in [1.807, 2.05) is 0 Å². The van der Waals surface area contributed by atoms with Gasteiger partial charge < -0.3 is 9.84 Å². The number of nitrogens with one attached hydrogen (secondary N) is 1. The molecular weight excluding hydrogens is 242 g/mol. The largest absolute Gasteiger partial charge is 0.480 e. The fourth-order valence-corrected chi connectivity index (χ4v) is 2.55. The maximum absolute atomic E-state index is 11.7. The van der Waals surface area contributed by atoms with Crippen LogP contribution in [-0.4, -0.2) is 36.4 Å². The Balaban J connectivity index is 2.51. The smallest absolute Gasteiger partial charge is 0.326 e. The molecule has 4 nitrogen and oxygen atoms in total. The summed E-state index contributed by atoms with van der Waals surface area (Å²) in [6.45, 7) is 8.05. The zero-order chi connectivity index (χ0) is 14.3. The Morgan fingerprint density at radius 1 is 1.42 bits per heavy atom. The summed E-state index contributed by atoms with van der Waals surface area (Å²) in [4.78, 5) is 11.7. The van der Waals surface area contributed by atoms with Gasteiger partial charge in [-0.3, -0.25) is 10.1 Å². The molecule has 0 aromatic rings. The Kier molecular flexibility index (Phi) is 6.80. The third kappa shape index (κ3) is 4.77. The number of carbonyl (C=O) groups is 1. The highest BCUT2D eigenvalue weighted by Gasteiger charge is 2.51. The highest BCUT2D eigenvalue weighted by atomic mass is 16.5. The van der Waals surface area contributed by atoms with Gasteiger partial charge in [-0.2, -0.15) is 0 Å². The maximum atomic E-state index is 11.7. The zero-order valence-electron chi connectivity index (χ0n) is 12.6.